The summed E-state index contributed by atoms with van der Waals surface area (Å²) in [5, 5.41) is 19.4. The van der Waals surface area contributed by atoms with E-state index in [1.807, 2.05) is 12.1 Å². The molecule has 2 fully saturated rings. The van der Waals surface area contributed by atoms with Crippen molar-refractivity contribution in [2.24, 2.45) is 0 Å². The summed E-state index contributed by atoms with van der Waals surface area (Å²) >= 11 is 3.41. The number of amides is 1. The van der Waals surface area contributed by atoms with Crippen LogP contribution in [0.2, 0.25) is 0 Å². The van der Waals surface area contributed by atoms with Gasteiger partial charge in [0.25, 0.3) is 0 Å². The summed E-state index contributed by atoms with van der Waals surface area (Å²) in [4.78, 5) is 20.1. The van der Waals surface area contributed by atoms with E-state index in [2.05, 4.69) is 38.8 Å². The minimum atomic E-state index is -0.808. The molecule has 0 radical (unpaired) electrons. The zero-order chi connectivity index (χ0) is 19.4. The minimum absolute atomic E-state index is 0.0563. The largest absolute Gasteiger partial charge is 0.465 e. The summed E-state index contributed by atoms with van der Waals surface area (Å²) in [6.07, 6.45) is 6.18. The van der Waals surface area contributed by atoms with Crippen molar-refractivity contribution in [2.75, 3.05) is 19.6 Å². The SMILES string of the molecule is CCC1CN(C2CCC(C#N)(c3ccc(Br)cn3)CC2)CCCN1C(=O)O. The van der Waals surface area contributed by atoms with Crippen LogP contribution >= 0.6 is 15.9 Å². The first kappa shape index (κ1) is 20.1. The Morgan fingerprint density at radius 2 is 2.15 bits per heavy atom. The summed E-state index contributed by atoms with van der Waals surface area (Å²) < 4.78 is 0.922. The lowest BCUT2D eigenvalue weighted by Crippen LogP contribution is -2.48. The van der Waals surface area contributed by atoms with Crippen molar-refractivity contribution in [3.05, 3.63) is 28.5 Å². The number of hydrogen-bond acceptors (Lipinski definition) is 4. The molecule has 3 rings (SSSR count). The van der Waals surface area contributed by atoms with Crippen LogP contribution in [0.3, 0.4) is 0 Å². The second-order valence-corrected chi connectivity index (χ2v) is 8.59. The van der Waals surface area contributed by atoms with Crippen LogP contribution in [0.5, 0.6) is 0 Å². The van der Waals surface area contributed by atoms with Crippen LogP contribution in [0.25, 0.3) is 0 Å². The highest BCUT2D eigenvalue weighted by molar-refractivity contribution is 9.10. The first-order valence-electron chi connectivity index (χ1n) is 9.76. The van der Waals surface area contributed by atoms with Gasteiger partial charge in [0, 0.05) is 42.4 Å². The molecule has 27 heavy (non-hydrogen) atoms. The highest BCUT2D eigenvalue weighted by atomic mass is 79.9. The second-order valence-electron chi connectivity index (χ2n) is 7.67. The molecule has 1 amide bonds. The maximum absolute atomic E-state index is 11.5. The molecule has 2 aliphatic rings. The molecule has 0 aromatic carbocycles. The van der Waals surface area contributed by atoms with Crippen molar-refractivity contribution in [3.63, 3.8) is 0 Å². The van der Waals surface area contributed by atoms with Gasteiger partial charge in [-0.2, -0.15) is 5.26 Å². The van der Waals surface area contributed by atoms with Gasteiger partial charge in [-0.15, -0.1) is 0 Å². The Hall–Kier alpha value is -1.65. The molecule has 1 unspecified atom stereocenters. The van der Waals surface area contributed by atoms with Gasteiger partial charge in [-0.1, -0.05) is 6.92 Å². The maximum atomic E-state index is 11.5. The molecule has 0 spiro atoms. The van der Waals surface area contributed by atoms with Crippen LogP contribution < -0.4 is 0 Å². The van der Waals surface area contributed by atoms with Crippen molar-refractivity contribution in [1.82, 2.24) is 14.8 Å². The normalized spacial score (nSPS) is 29.7. The van der Waals surface area contributed by atoms with Crippen molar-refractivity contribution in [3.8, 4) is 6.07 Å². The summed E-state index contributed by atoms with van der Waals surface area (Å²) in [6.45, 7) is 4.40. The minimum Gasteiger partial charge on any atom is -0.465 e. The summed E-state index contributed by atoms with van der Waals surface area (Å²) in [7, 11) is 0. The fraction of sp³-hybridized carbons (Fsp3) is 0.650. The van der Waals surface area contributed by atoms with Gasteiger partial charge in [0.2, 0.25) is 0 Å². The highest BCUT2D eigenvalue weighted by Crippen LogP contribution is 2.40. The van der Waals surface area contributed by atoms with E-state index < -0.39 is 11.5 Å². The van der Waals surface area contributed by atoms with Gasteiger partial charge < -0.3 is 10.0 Å². The van der Waals surface area contributed by atoms with Crippen LogP contribution in [0.15, 0.2) is 22.8 Å². The lowest BCUT2D eigenvalue weighted by Gasteiger charge is -2.40. The predicted molar refractivity (Wildman–Crippen MR) is 106 cm³/mol. The van der Waals surface area contributed by atoms with E-state index in [4.69, 9.17) is 0 Å². The number of carboxylic acid groups (broad SMARTS) is 1. The molecule has 2 heterocycles. The van der Waals surface area contributed by atoms with E-state index in [-0.39, 0.29) is 6.04 Å². The number of rotatable bonds is 3. The van der Waals surface area contributed by atoms with Crippen molar-refractivity contribution < 1.29 is 9.90 Å². The maximum Gasteiger partial charge on any atom is 0.407 e. The third-order valence-corrected chi connectivity index (χ3v) is 6.67. The van der Waals surface area contributed by atoms with Crippen LogP contribution in [0.4, 0.5) is 4.79 Å². The summed E-state index contributed by atoms with van der Waals surface area (Å²) in [5.41, 5.74) is 0.367. The Balaban J connectivity index is 1.68. The fourth-order valence-corrected chi connectivity index (χ4v) is 4.80. The Bertz CT molecular complexity index is 695. The summed E-state index contributed by atoms with van der Waals surface area (Å²) in [5.74, 6) is 0. The number of pyridine rings is 1. The molecular formula is C20H27BrN4O2. The first-order valence-corrected chi connectivity index (χ1v) is 10.6. The number of nitriles is 1. The molecule has 0 bridgehead atoms. The van der Waals surface area contributed by atoms with Crippen LogP contribution in [-0.4, -0.2) is 57.7 Å². The highest BCUT2D eigenvalue weighted by Gasteiger charge is 2.40. The van der Waals surface area contributed by atoms with Gasteiger partial charge >= 0.3 is 6.09 Å². The van der Waals surface area contributed by atoms with Crippen molar-refractivity contribution in [1.29, 1.82) is 5.26 Å². The standard InChI is InChI=1S/C20H27BrN4O2/c1-2-16-13-24(10-3-11-25(16)19(26)27)17-6-8-20(14-22,9-7-17)18-5-4-15(21)12-23-18/h4-5,12,16-17H,2-3,6-11,13H2,1H3,(H,26,27). The molecule has 1 aromatic rings. The van der Waals surface area contributed by atoms with Gasteiger partial charge in [-0.3, -0.25) is 9.88 Å². The fourth-order valence-electron chi connectivity index (χ4n) is 4.56. The van der Waals surface area contributed by atoms with E-state index in [9.17, 15) is 15.2 Å². The topological polar surface area (TPSA) is 80.5 Å². The van der Waals surface area contributed by atoms with E-state index in [0.717, 1.165) is 61.8 Å². The zero-order valence-electron chi connectivity index (χ0n) is 15.8. The number of hydrogen-bond donors (Lipinski definition) is 1. The van der Waals surface area contributed by atoms with Crippen LogP contribution in [0, 0.1) is 11.3 Å². The lowest BCUT2D eigenvalue weighted by atomic mass is 9.71. The average Bonchev–Trinajstić information content (AvgIpc) is 2.91. The van der Waals surface area contributed by atoms with Crippen molar-refractivity contribution in [2.45, 2.75) is 62.9 Å². The number of nitrogens with zero attached hydrogens (tertiary/aromatic N) is 4. The Kier molecular flexibility index (Phi) is 6.38. The molecule has 7 heteroatoms. The Morgan fingerprint density at radius 3 is 2.70 bits per heavy atom. The van der Waals surface area contributed by atoms with Gasteiger partial charge in [0.1, 0.15) is 0 Å². The molecule has 1 atom stereocenters. The third-order valence-electron chi connectivity index (χ3n) is 6.20. The van der Waals surface area contributed by atoms with Gasteiger partial charge in [-0.05, 0) is 66.6 Å². The first-order chi connectivity index (χ1) is 13.0. The van der Waals surface area contributed by atoms with Crippen LogP contribution in [-0.2, 0) is 5.41 Å². The average molecular weight is 435 g/mol. The van der Waals surface area contributed by atoms with E-state index in [1.165, 1.54) is 0 Å². The smallest absolute Gasteiger partial charge is 0.407 e. The van der Waals surface area contributed by atoms with Gasteiger partial charge in [0.05, 0.1) is 17.2 Å². The van der Waals surface area contributed by atoms with Gasteiger partial charge in [0.15, 0.2) is 0 Å². The zero-order valence-corrected chi connectivity index (χ0v) is 17.4. The molecule has 1 aliphatic heterocycles. The van der Waals surface area contributed by atoms with Gasteiger partial charge in [-0.25, -0.2) is 4.79 Å². The molecule has 1 saturated carbocycles. The lowest BCUT2D eigenvalue weighted by molar-refractivity contribution is 0.101. The quantitative estimate of drug-likeness (QED) is 0.776. The third kappa shape index (κ3) is 4.27. The number of halogens is 1. The molecule has 1 aliphatic carbocycles. The molecule has 1 N–H and O–H groups in total. The molecule has 146 valence electrons. The predicted octanol–water partition coefficient (Wildman–Crippen LogP) is 4.01. The Morgan fingerprint density at radius 1 is 1.41 bits per heavy atom. The summed E-state index contributed by atoms with van der Waals surface area (Å²) in [6, 6.07) is 6.93. The molecule has 6 nitrogen and oxygen atoms in total. The molecule has 1 aromatic heterocycles. The van der Waals surface area contributed by atoms with Crippen molar-refractivity contribution >= 4 is 22.0 Å². The van der Waals surface area contributed by atoms with Crippen LogP contribution in [0.1, 0.15) is 51.1 Å². The molecule has 1 saturated heterocycles. The second kappa shape index (κ2) is 8.57. The monoisotopic (exact) mass is 434 g/mol. The van der Waals surface area contributed by atoms with E-state index >= 15 is 0 Å². The van der Waals surface area contributed by atoms with E-state index in [1.54, 1.807) is 11.1 Å². The van der Waals surface area contributed by atoms with E-state index in [0.29, 0.717) is 12.6 Å². The molecular weight excluding hydrogens is 408 g/mol. The number of aromatic nitrogens is 1. The Labute approximate surface area is 169 Å². The number of carbonyl (C=O) groups is 1.